The van der Waals surface area contributed by atoms with E-state index < -0.39 is 11.6 Å². The Balaban J connectivity index is 2.90. The van der Waals surface area contributed by atoms with E-state index in [0.717, 1.165) is 6.21 Å². The molecule has 0 aliphatic heterocycles. The number of nitrogens with zero attached hydrogens (tertiary/aromatic N) is 1. The summed E-state index contributed by atoms with van der Waals surface area (Å²) in [6, 6.07) is 4.97. The topological polar surface area (TPSA) is 49.7 Å². The molecule has 0 radical (unpaired) electrons. The molecule has 0 heterocycles. The molecule has 0 bridgehead atoms. The van der Waals surface area contributed by atoms with Crippen molar-refractivity contribution in [1.29, 1.82) is 0 Å². The molecule has 0 saturated heterocycles. The van der Waals surface area contributed by atoms with Gasteiger partial charge < -0.3 is 5.21 Å². The van der Waals surface area contributed by atoms with Crippen LogP contribution in [0.1, 0.15) is 10.4 Å². The van der Waals surface area contributed by atoms with Crippen LogP contribution >= 0.6 is 0 Å². The molecule has 4 heteroatoms. The van der Waals surface area contributed by atoms with Gasteiger partial charge in [-0.2, -0.15) is 0 Å². The number of ketones is 1. The Bertz CT molecular complexity index is 305. The van der Waals surface area contributed by atoms with Crippen LogP contribution in [0.2, 0.25) is 0 Å². The van der Waals surface area contributed by atoms with Gasteiger partial charge in [-0.15, -0.1) is 0 Å². The lowest BCUT2D eigenvalue weighted by Gasteiger charge is -1.92. The Labute approximate surface area is 68.1 Å². The number of hydrogen-bond donors (Lipinski definition) is 1. The summed E-state index contributed by atoms with van der Waals surface area (Å²) in [5, 5.41) is 10.6. The van der Waals surface area contributed by atoms with Crippen LogP contribution in [0.15, 0.2) is 29.4 Å². The first-order valence-corrected chi connectivity index (χ1v) is 3.21. The Morgan fingerprint density at radius 1 is 1.42 bits per heavy atom. The predicted molar refractivity (Wildman–Crippen MR) is 41.0 cm³/mol. The van der Waals surface area contributed by atoms with E-state index in [1.54, 1.807) is 0 Å². The third kappa shape index (κ3) is 1.88. The highest BCUT2D eigenvalue weighted by Gasteiger charge is 2.01. The highest BCUT2D eigenvalue weighted by Crippen LogP contribution is 2.02. The van der Waals surface area contributed by atoms with Gasteiger partial charge in [-0.3, -0.25) is 4.79 Å². The average Bonchev–Trinajstić information content (AvgIpc) is 2.06. The first-order chi connectivity index (χ1) is 5.74. The summed E-state index contributed by atoms with van der Waals surface area (Å²) in [4.78, 5) is 10.9. The highest BCUT2D eigenvalue weighted by atomic mass is 19.1. The summed E-state index contributed by atoms with van der Waals surface area (Å²) >= 11 is 0. The second kappa shape index (κ2) is 3.61. The summed E-state index contributed by atoms with van der Waals surface area (Å²) in [6.07, 6.45) is 0.757. The number of oxime groups is 1. The summed E-state index contributed by atoms with van der Waals surface area (Å²) < 4.78 is 12.3. The molecule has 0 aromatic heterocycles. The number of carbonyl (C=O) groups excluding carboxylic acids is 1. The van der Waals surface area contributed by atoms with Gasteiger partial charge in [0, 0.05) is 5.56 Å². The molecule has 0 spiro atoms. The summed E-state index contributed by atoms with van der Waals surface area (Å²) in [6.45, 7) is 0. The number of carbonyl (C=O) groups is 1. The van der Waals surface area contributed by atoms with Gasteiger partial charge in [0.15, 0.2) is 0 Å². The fourth-order valence-corrected chi connectivity index (χ4v) is 0.741. The molecule has 1 aromatic carbocycles. The quantitative estimate of drug-likeness (QED) is 0.314. The van der Waals surface area contributed by atoms with Crippen LogP contribution in [0.4, 0.5) is 4.39 Å². The first kappa shape index (κ1) is 8.39. The number of benzene rings is 1. The van der Waals surface area contributed by atoms with Crippen LogP contribution in [0.3, 0.4) is 0 Å². The number of hydrogen-bond acceptors (Lipinski definition) is 3. The summed E-state index contributed by atoms with van der Waals surface area (Å²) in [7, 11) is 0. The van der Waals surface area contributed by atoms with Crippen LogP contribution < -0.4 is 0 Å². The molecule has 1 rings (SSSR count). The molecule has 0 aliphatic rings. The molecule has 1 aromatic rings. The van der Waals surface area contributed by atoms with Crippen LogP contribution in [-0.2, 0) is 0 Å². The smallest absolute Gasteiger partial charge is 0.207 e. The molecular formula is C8H6FNO2. The molecule has 62 valence electrons. The van der Waals surface area contributed by atoms with E-state index >= 15 is 0 Å². The van der Waals surface area contributed by atoms with E-state index in [1.165, 1.54) is 24.3 Å². The van der Waals surface area contributed by atoms with E-state index in [9.17, 15) is 9.18 Å². The maximum atomic E-state index is 12.3. The van der Waals surface area contributed by atoms with Crippen molar-refractivity contribution in [3.63, 3.8) is 0 Å². The lowest BCUT2D eigenvalue weighted by atomic mass is 10.1. The lowest BCUT2D eigenvalue weighted by Crippen LogP contribution is -1.99. The second-order valence-corrected chi connectivity index (χ2v) is 2.12. The molecular weight excluding hydrogens is 161 g/mol. The molecule has 12 heavy (non-hydrogen) atoms. The van der Waals surface area contributed by atoms with Gasteiger partial charge >= 0.3 is 0 Å². The van der Waals surface area contributed by atoms with Crippen molar-refractivity contribution in [2.24, 2.45) is 5.16 Å². The van der Waals surface area contributed by atoms with Crippen LogP contribution in [-0.4, -0.2) is 17.2 Å². The van der Waals surface area contributed by atoms with Gasteiger partial charge in [-0.05, 0) is 24.3 Å². The van der Waals surface area contributed by atoms with Gasteiger partial charge in [0.25, 0.3) is 0 Å². The van der Waals surface area contributed by atoms with E-state index in [2.05, 4.69) is 5.16 Å². The van der Waals surface area contributed by atoms with E-state index in [1.807, 2.05) is 0 Å². The Hall–Kier alpha value is -1.71. The Morgan fingerprint density at radius 2 is 2.00 bits per heavy atom. The first-order valence-electron chi connectivity index (χ1n) is 3.21. The second-order valence-electron chi connectivity index (χ2n) is 2.12. The largest absolute Gasteiger partial charge is 0.411 e. The van der Waals surface area contributed by atoms with Crippen molar-refractivity contribution in [3.05, 3.63) is 35.6 Å². The van der Waals surface area contributed by atoms with E-state index in [-0.39, 0.29) is 5.56 Å². The molecule has 0 unspecified atom stereocenters. The third-order valence-electron chi connectivity index (χ3n) is 1.30. The number of halogens is 1. The highest BCUT2D eigenvalue weighted by molar-refractivity contribution is 6.35. The van der Waals surface area contributed by atoms with Crippen LogP contribution in [0.5, 0.6) is 0 Å². The number of rotatable bonds is 2. The standard InChI is InChI=1S/C8H6FNO2/c9-7-3-1-6(2-4-7)8(11)5-10-12/h1-5,12H/b10-5-. The van der Waals surface area contributed by atoms with E-state index in [0.29, 0.717) is 0 Å². The van der Waals surface area contributed by atoms with Crippen molar-refractivity contribution in [2.45, 2.75) is 0 Å². The fraction of sp³-hybridized carbons (Fsp3) is 0. The van der Waals surface area contributed by atoms with Gasteiger partial charge in [0.1, 0.15) is 12.0 Å². The van der Waals surface area contributed by atoms with Crippen molar-refractivity contribution in [1.82, 2.24) is 0 Å². The van der Waals surface area contributed by atoms with Gasteiger partial charge in [0.05, 0.1) is 0 Å². The molecule has 3 nitrogen and oxygen atoms in total. The van der Waals surface area contributed by atoms with Crippen molar-refractivity contribution in [2.75, 3.05) is 0 Å². The predicted octanol–water partition coefficient (Wildman–Crippen LogP) is 1.47. The maximum Gasteiger partial charge on any atom is 0.207 e. The molecule has 0 fully saturated rings. The summed E-state index contributed by atoms with van der Waals surface area (Å²) in [5.74, 6) is -0.870. The molecule has 0 saturated carbocycles. The third-order valence-corrected chi connectivity index (χ3v) is 1.30. The summed E-state index contributed by atoms with van der Waals surface area (Å²) in [5.41, 5.74) is 0.286. The van der Waals surface area contributed by atoms with Gasteiger partial charge in [0.2, 0.25) is 5.78 Å². The monoisotopic (exact) mass is 167 g/mol. The Morgan fingerprint density at radius 3 is 2.50 bits per heavy atom. The average molecular weight is 167 g/mol. The van der Waals surface area contributed by atoms with E-state index in [4.69, 9.17) is 5.21 Å². The molecule has 0 amide bonds. The molecule has 1 N–H and O–H groups in total. The van der Waals surface area contributed by atoms with Crippen molar-refractivity contribution in [3.8, 4) is 0 Å². The van der Waals surface area contributed by atoms with Crippen molar-refractivity contribution >= 4 is 12.0 Å². The van der Waals surface area contributed by atoms with Crippen LogP contribution in [0, 0.1) is 5.82 Å². The lowest BCUT2D eigenvalue weighted by molar-refractivity contribution is 0.106. The van der Waals surface area contributed by atoms with Gasteiger partial charge in [-0.25, -0.2) is 4.39 Å². The van der Waals surface area contributed by atoms with Gasteiger partial charge in [-0.1, -0.05) is 5.16 Å². The maximum absolute atomic E-state index is 12.3. The minimum absolute atomic E-state index is 0.286. The minimum atomic E-state index is -0.461. The molecule has 0 aliphatic carbocycles. The van der Waals surface area contributed by atoms with Crippen molar-refractivity contribution < 1.29 is 14.4 Å². The Kier molecular flexibility index (Phi) is 2.53. The fourth-order valence-electron chi connectivity index (χ4n) is 0.741. The normalized spacial score (nSPS) is 10.4. The zero-order valence-corrected chi connectivity index (χ0v) is 6.07. The molecule has 0 atom stereocenters. The SMILES string of the molecule is O=C(/C=N\O)c1ccc(F)cc1. The minimum Gasteiger partial charge on any atom is -0.411 e. The zero-order valence-electron chi connectivity index (χ0n) is 6.07. The number of Topliss-reactive ketones (excluding diaryl/α,β-unsaturated/α-hetero) is 1. The zero-order chi connectivity index (χ0) is 8.97. The van der Waals surface area contributed by atoms with Crippen LogP contribution in [0.25, 0.3) is 0 Å².